The number of hydrogen-bond donors (Lipinski definition) is 1. The van der Waals surface area contributed by atoms with Crippen LogP contribution in [0.15, 0.2) is 85.1 Å². The maximum absolute atomic E-state index is 13.5. The molecule has 1 amide bonds. The van der Waals surface area contributed by atoms with Crippen LogP contribution in [0.2, 0.25) is 0 Å². The SMILES string of the molecule is CC/C=C\C/C=C\C/C=C\C/C=C\C/C=C\CCCC(=O)OC(/C=C\CCCCCCCCCCCC)C(COP(=O)([O-])OCC[N+](C)(C)C)NC(=O)CCCCCCCCCCCCC/C=C/CCCCCCCC. The summed E-state index contributed by atoms with van der Waals surface area (Å²) in [6.45, 7) is 6.69. The van der Waals surface area contributed by atoms with Crippen LogP contribution in [0.3, 0.4) is 0 Å². The maximum Gasteiger partial charge on any atom is 0.306 e. The number of phosphoric ester groups is 1. The zero-order chi connectivity index (χ0) is 55.7. The molecule has 0 spiro atoms. The summed E-state index contributed by atoms with van der Waals surface area (Å²) in [4.78, 5) is 40.0. The molecule has 0 radical (unpaired) electrons. The van der Waals surface area contributed by atoms with Gasteiger partial charge in [-0.2, -0.15) is 0 Å². The number of nitrogens with one attached hydrogen (secondary N) is 1. The van der Waals surface area contributed by atoms with E-state index in [1.165, 1.54) is 148 Å². The van der Waals surface area contributed by atoms with E-state index >= 15 is 0 Å². The minimum atomic E-state index is -4.71. The van der Waals surface area contributed by atoms with Crippen molar-refractivity contribution in [1.82, 2.24) is 5.32 Å². The van der Waals surface area contributed by atoms with E-state index in [1.54, 1.807) is 0 Å². The summed E-state index contributed by atoms with van der Waals surface area (Å²) < 4.78 is 30.3. The molecule has 9 nitrogen and oxygen atoms in total. The van der Waals surface area contributed by atoms with Gasteiger partial charge in [0.2, 0.25) is 5.91 Å². The lowest BCUT2D eigenvalue weighted by atomic mass is 10.0. The first kappa shape index (κ1) is 73.2. The van der Waals surface area contributed by atoms with Gasteiger partial charge in [0.15, 0.2) is 0 Å². The number of hydrogen-bond acceptors (Lipinski definition) is 7. The monoisotopic (exact) mass is 1080 g/mol. The second-order valence-corrected chi connectivity index (χ2v) is 23.6. The van der Waals surface area contributed by atoms with Gasteiger partial charge in [-0.25, -0.2) is 0 Å². The van der Waals surface area contributed by atoms with Crippen molar-refractivity contribution in [1.29, 1.82) is 0 Å². The molecule has 10 heteroatoms. The number of ether oxygens (including phenoxy) is 1. The van der Waals surface area contributed by atoms with E-state index in [4.69, 9.17) is 13.8 Å². The normalized spacial score (nSPS) is 14.2. The molecule has 0 aliphatic heterocycles. The van der Waals surface area contributed by atoms with Crippen molar-refractivity contribution in [3.63, 3.8) is 0 Å². The van der Waals surface area contributed by atoms with Crippen molar-refractivity contribution in [2.75, 3.05) is 40.9 Å². The summed E-state index contributed by atoms with van der Waals surface area (Å²) in [5.74, 6) is -0.609. The highest BCUT2D eigenvalue weighted by molar-refractivity contribution is 7.45. The molecule has 0 bridgehead atoms. The van der Waals surface area contributed by atoms with Gasteiger partial charge in [-0.1, -0.05) is 247 Å². The predicted octanol–water partition coefficient (Wildman–Crippen LogP) is 18.8. The first-order valence-corrected chi connectivity index (χ1v) is 32.9. The van der Waals surface area contributed by atoms with Gasteiger partial charge in [0.25, 0.3) is 7.82 Å². The molecule has 0 aromatic rings. The Bertz CT molecular complexity index is 1580. The van der Waals surface area contributed by atoms with E-state index in [1.807, 2.05) is 33.3 Å². The van der Waals surface area contributed by atoms with Gasteiger partial charge in [0.1, 0.15) is 19.3 Å². The fourth-order valence-electron chi connectivity index (χ4n) is 8.73. The Hall–Kier alpha value is -2.81. The molecule has 3 unspecified atom stereocenters. The standard InChI is InChI=1S/C66H119N2O7P/c1-7-10-13-16-19-22-25-28-30-32-33-34-35-37-38-40-43-46-49-52-55-58-65(69)67-63(62-74-76(71,72)73-61-60-68(4,5)6)64(57-54-51-48-45-42-27-24-21-18-15-12-9-3)75-66(70)59-56-53-50-47-44-41-39-36-31-29-26-23-20-17-14-11-8-2/h11,14,20,23,28-31,39,41,47,50,54,57,63-64H,7-10,12-13,15-19,21-22,24-27,32-38,40,42-46,48-49,51-53,55-56,58-62H2,1-6H3,(H-,67,69,71,72)/b14-11-,23-20-,30-28+,31-29-,41-39-,50-47-,57-54-. The number of rotatable bonds is 56. The molecule has 0 aromatic heterocycles. The van der Waals surface area contributed by atoms with Crippen molar-refractivity contribution in [2.24, 2.45) is 0 Å². The number of allylic oxidation sites excluding steroid dienone is 13. The van der Waals surface area contributed by atoms with Crippen LogP contribution in [-0.2, 0) is 27.9 Å². The van der Waals surface area contributed by atoms with Gasteiger partial charge in [-0.3, -0.25) is 14.2 Å². The number of unbranched alkanes of at least 4 members (excludes halogenated alkanes) is 28. The number of amides is 1. The van der Waals surface area contributed by atoms with Crippen molar-refractivity contribution < 1.29 is 37.3 Å². The minimum Gasteiger partial charge on any atom is -0.756 e. The van der Waals surface area contributed by atoms with E-state index in [0.717, 1.165) is 83.5 Å². The van der Waals surface area contributed by atoms with Crippen molar-refractivity contribution in [2.45, 2.75) is 283 Å². The molecule has 0 aliphatic carbocycles. The number of quaternary nitrogens is 1. The van der Waals surface area contributed by atoms with E-state index < -0.39 is 32.5 Å². The molecule has 0 rings (SSSR count). The van der Waals surface area contributed by atoms with Crippen LogP contribution in [0.5, 0.6) is 0 Å². The summed E-state index contributed by atoms with van der Waals surface area (Å²) in [5.41, 5.74) is 0. The zero-order valence-corrected chi connectivity index (χ0v) is 51.1. The fourth-order valence-corrected chi connectivity index (χ4v) is 9.45. The number of carbonyl (C=O) groups excluding carboxylic acids is 2. The Kier molecular flexibility index (Phi) is 53.5. The van der Waals surface area contributed by atoms with Gasteiger partial charge in [0.05, 0.1) is 33.8 Å². The highest BCUT2D eigenvalue weighted by Gasteiger charge is 2.27. The smallest absolute Gasteiger partial charge is 0.306 e. The molecular weight excluding hydrogens is 964 g/mol. The van der Waals surface area contributed by atoms with Gasteiger partial charge >= 0.3 is 5.97 Å². The molecule has 3 atom stereocenters. The second kappa shape index (κ2) is 55.5. The van der Waals surface area contributed by atoms with Gasteiger partial charge in [-0.05, 0) is 96.0 Å². The summed E-state index contributed by atoms with van der Waals surface area (Å²) in [5, 5.41) is 3.02. The molecule has 76 heavy (non-hydrogen) atoms. The lowest BCUT2D eigenvalue weighted by Gasteiger charge is -2.30. The first-order chi connectivity index (χ1) is 36.9. The fraction of sp³-hybridized carbons (Fsp3) is 0.758. The van der Waals surface area contributed by atoms with Crippen LogP contribution in [0, 0.1) is 0 Å². The third-order valence-corrected chi connectivity index (χ3v) is 14.5. The number of nitrogens with zero attached hydrogens (tertiary/aromatic N) is 1. The summed E-state index contributed by atoms with van der Waals surface area (Å²) >= 11 is 0. The van der Waals surface area contributed by atoms with Crippen LogP contribution in [-0.4, -0.2) is 69.4 Å². The average molecular weight is 1080 g/mol. The zero-order valence-electron chi connectivity index (χ0n) is 50.2. The van der Waals surface area contributed by atoms with Gasteiger partial charge < -0.3 is 28.5 Å². The van der Waals surface area contributed by atoms with E-state index in [9.17, 15) is 19.0 Å². The molecular formula is C66H119N2O7P. The Labute approximate surface area is 469 Å². The lowest BCUT2D eigenvalue weighted by Crippen LogP contribution is -2.47. The van der Waals surface area contributed by atoms with Crippen LogP contribution >= 0.6 is 7.82 Å². The van der Waals surface area contributed by atoms with Crippen molar-refractivity contribution >= 4 is 19.7 Å². The molecule has 1 N–H and O–H groups in total. The summed E-state index contributed by atoms with van der Waals surface area (Å²) in [6.07, 6.45) is 72.7. The van der Waals surface area contributed by atoms with Gasteiger partial charge in [0, 0.05) is 12.8 Å². The van der Waals surface area contributed by atoms with Crippen LogP contribution in [0.4, 0.5) is 0 Å². The molecule has 0 heterocycles. The Morgan fingerprint density at radius 2 is 0.855 bits per heavy atom. The van der Waals surface area contributed by atoms with Crippen LogP contribution in [0.25, 0.3) is 0 Å². The molecule has 0 aliphatic rings. The largest absolute Gasteiger partial charge is 0.756 e. The molecule has 0 aromatic carbocycles. The summed E-state index contributed by atoms with van der Waals surface area (Å²) in [7, 11) is 1.15. The van der Waals surface area contributed by atoms with E-state index in [2.05, 4.69) is 99.0 Å². The number of phosphoric acid groups is 1. The maximum atomic E-state index is 13.5. The van der Waals surface area contributed by atoms with Crippen LogP contribution in [0.1, 0.15) is 271 Å². The summed E-state index contributed by atoms with van der Waals surface area (Å²) in [6, 6.07) is -0.915. The Morgan fingerprint density at radius 1 is 0.474 bits per heavy atom. The highest BCUT2D eigenvalue weighted by atomic mass is 31.2. The van der Waals surface area contributed by atoms with E-state index in [0.29, 0.717) is 23.9 Å². The Balaban J connectivity index is 5.30. The van der Waals surface area contributed by atoms with Crippen LogP contribution < -0.4 is 10.2 Å². The first-order valence-electron chi connectivity index (χ1n) is 31.4. The second-order valence-electron chi connectivity index (χ2n) is 22.2. The number of likely N-dealkylation sites (N-methyl/N-ethyl adjacent to an activating group) is 1. The molecule has 0 saturated carbocycles. The molecule has 0 fully saturated rings. The van der Waals surface area contributed by atoms with Crippen molar-refractivity contribution in [3.05, 3.63) is 85.1 Å². The quantitative estimate of drug-likeness (QED) is 0.0212. The molecule has 0 saturated heterocycles. The predicted molar refractivity (Wildman–Crippen MR) is 325 cm³/mol. The minimum absolute atomic E-state index is 0.0339. The Morgan fingerprint density at radius 3 is 1.30 bits per heavy atom. The number of carbonyl (C=O) groups is 2. The van der Waals surface area contributed by atoms with Crippen molar-refractivity contribution in [3.8, 4) is 0 Å². The third kappa shape index (κ3) is 55.9. The number of esters is 1. The van der Waals surface area contributed by atoms with E-state index in [-0.39, 0.29) is 18.9 Å². The lowest BCUT2D eigenvalue weighted by molar-refractivity contribution is -0.870. The average Bonchev–Trinajstić information content (AvgIpc) is 3.38. The van der Waals surface area contributed by atoms with Gasteiger partial charge in [-0.15, -0.1) is 0 Å². The third-order valence-electron chi connectivity index (χ3n) is 13.6. The topological polar surface area (TPSA) is 114 Å². The molecule has 440 valence electrons. The highest BCUT2D eigenvalue weighted by Crippen LogP contribution is 2.38.